The minimum absolute atomic E-state index is 0.529. The molecule has 0 aliphatic rings. The van der Waals surface area contributed by atoms with Gasteiger partial charge in [0.2, 0.25) is 5.95 Å². The van der Waals surface area contributed by atoms with E-state index in [-0.39, 0.29) is 0 Å². The molecule has 0 saturated heterocycles. The Balaban J connectivity index is 1.43. The second kappa shape index (κ2) is 11.2. The summed E-state index contributed by atoms with van der Waals surface area (Å²) in [5.74, 6) is 2.61. The van der Waals surface area contributed by atoms with E-state index in [0.29, 0.717) is 42.0 Å². The fourth-order valence-electron chi connectivity index (χ4n) is 3.95. The van der Waals surface area contributed by atoms with Gasteiger partial charge in [-0.2, -0.15) is 9.97 Å². The number of hydrogen-bond acceptors (Lipinski definition) is 8. The number of aromatic nitrogens is 3. The van der Waals surface area contributed by atoms with Crippen molar-refractivity contribution in [1.29, 1.82) is 0 Å². The van der Waals surface area contributed by atoms with Crippen LogP contribution in [0, 0.1) is 0 Å². The maximum atomic E-state index is 10.3. The number of hydrogen-bond donors (Lipinski definition) is 3. The molecule has 8 heteroatoms. The molecule has 4 aromatic rings. The smallest absolute Gasteiger partial charge is 0.226 e. The van der Waals surface area contributed by atoms with Gasteiger partial charge < -0.3 is 25.2 Å². The lowest BCUT2D eigenvalue weighted by Crippen LogP contribution is -2.15. The van der Waals surface area contributed by atoms with E-state index in [9.17, 15) is 5.11 Å². The van der Waals surface area contributed by atoms with Crippen molar-refractivity contribution in [2.75, 3.05) is 31.4 Å². The van der Waals surface area contributed by atoms with Crippen LogP contribution in [0.1, 0.15) is 37.0 Å². The summed E-state index contributed by atoms with van der Waals surface area (Å²) in [4.78, 5) is 13.7. The normalized spacial score (nSPS) is 11.4. The number of ether oxygens (including phenoxy) is 2. The number of methoxy groups -OCH3 is 2. The summed E-state index contributed by atoms with van der Waals surface area (Å²) in [5.41, 5.74) is 2.92. The number of rotatable bonds is 11. The minimum Gasteiger partial charge on any atom is -0.493 e. The lowest BCUT2D eigenvalue weighted by molar-refractivity contribution is 0.0785. The van der Waals surface area contributed by atoms with Crippen LogP contribution < -0.4 is 20.1 Å². The second-order valence-corrected chi connectivity index (χ2v) is 9.10. The first-order valence-electron chi connectivity index (χ1n) is 12.0. The van der Waals surface area contributed by atoms with Crippen LogP contribution in [0.4, 0.5) is 11.8 Å². The lowest BCUT2D eigenvalue weighted by atomic mass is 9.95. The summed E-state index contributed by atoms with van der Waals surface area (Å²) in [7, 11) is 3.25. The summed E-state index contributed by atoms with van der Waals surface area (Å²) >= 11 is 0. The molecular formula is C28H33N5O3. The number of anilines is 2. The van der Waals surface area contributed by atoms with E-state index >= 15 is 0 Å². The van der Waals surface area contributed by atoms with Gasteiger partial charge in [0, 0.05) is 19.3 Å². The van der Waals surface area contributed by atoms with Crippen LogP contribution in [0.2, 0.25) is 0 Å². The number of benzene rings is 2. The van der Waals surface area contributed by atoms with Gasteiger partial charge in [0.25, 0.3) is 0 Å². The second-order valence-electron chi connectivity index (χ2n) is 9.10. The zero-order valence-corrected chi connectivity index (χ0v) is 21.2. The van der Waals surface area contributed by atoms with Gasteiger partial charge in [-0.1, -0.05) is 30.3 Å². The Morgan fingerprint density at radius 2 is 1.72 bits per heavy atom. The van der Waals surface area contributed by atoms with Gasteiger partial charge in [0.15, 0.2) is 17.1 Å². The minimum atomic E-state index is -0.847. The molecule has 0 fully saturated rings. The lowest BCUT2D eigenvalue weighted by Gasteiger charge is -2.18. The van der Waals surface area contributed by atoms with Crippen LogP contribution in [0.15, 0.2) is 60.8 Å². The molecule has 188 valence electrons. The fourth-order valence-corrected chi connectivity index (χ4v) is 3.95. The Bertz CT molecular complexity index is 1320. The highest BCUT2D eigenvalue weighted by Crippen LogP contribution is 2.28. The van der Waals surface area contributed by atoms with Crippen molar-refractivity contribution in [3.05, 3.63) is 77.5 Å². The molecule has 3 N–H and O–H groups in total. The zero-order chi connectivity index (χ0) is 25.5. The average Bonchev–Trinajstić information content (AvgIpc) is 2.89. The highest BCUT2D eigenvalue weighted by Gasteiger charge is 2.15. The SMILES string of the molecule is COc1ccc(CNc2nc(NCCCc3cccc(C(C)(C)O)c3)nc3ncccc23)cc1OC. The average molecular weight is 488 g/mol. The summed E-state index contributed by atoms with van der Waals surface area (Å²) < 4.78 is 10.7. The topological polar surface area (TPSA) is 101 Å². The molecule has 4 rings (SSSR count). The number of nitrogens with zero attached hydrogens (tertiary/aromatic N) is 3. The third-order valence-electron chi connectivity index (χ3n) is 5.94. The van der Waals surface area contributed by atoms with Crippen LogP contribution in [-0.4, -0.2) is 40.8 Å². The first-order valence-corrected chi connectivity index (χ1v) is 12.0. The van der Waals surface area contributed by atoms with Crippen molar-refractivity contribution < 1.29 is 14.6 Å². The van der Waals surface area contributed by atoms with Gasteiger partial charge in [-0.05, 0) is 67.6 Å². The molecule has 0 unspecified atom stereocenters. The summed E-state index contributed by atoms with van der Waals surface area (Å²) in [6.45, 7) is 4.86. The molecule has 0 spiro atoms. The number of nitrogens with one attached hydrogen (secondary N) is 2. The zero-order valence-electron chi connectivity index (χ0n) is 21.2. The first-order chi connectivity index (χ1) is 17.4. The Kier molecular flexibility index (Phi) is 7.85. The molecule has 0 saturated carbocycles. The van der Waals surface area contributed by atoms with Crippen molar-refractivity contribution in [3.63, 3.8) is 0 Å². The highest BCUT2D eigenvalue weighted by molar-refractivity contribution is 5.87. The van der Waals surface area contributed by atoms with Crippen molar-refractivity contribution in [2.24, 2.45) is 0 Å². The largest absolute Gasteiger partial charge is 0.493 e. The number of aryl methyl sites for hydroxylation is 1. The third-order valence-corrected chi connectivity index (χ3v) is 5.94. The quantitative estimate of drug-likeness (QED) is 0.256. The summed E-state index contributed by atoms with van der Waals surface area (Å²) in [6, 6.07) is 17.7. The summed E-state index contributed by atoms with van der Waals surface area (Å²) in [5, 5.41) is 17.9. The van der Waals surface area contributed by atoms with Crippen LogP contribution >= 0.6 is 0 Å². The molecule has 36 heavy (non-hydrogen) atoms. The van der Waals surface area contributed by atoms with Crippen LogP contribution in [-0.2, 0) is 18.6 Å². The maximum Gasteiger partial charge on any atom is 0.226 e. The van der Waals surface area contributed by atoms with Gasteiger partial charge in [0.05, 0.1) is 25.2 Å². The van der Waals surface area contributed by atoms with E-state index in [1.165, 1.54) is 5.56 Å². The maximum absolute atomic E-state index is 10.3. The highest BCUT2D eigenvalue weighted by atomic mass is 16.5. The predicted octanol–water partition coefficient (Wildman–Crippen LogP) is 4.93. The Morgan fingerprint density at radius 3 is 2.50 bits per heavy atom. The van der Waals surface area contributed by atoms with Crippen molar-refractivity contribution in [3.8, 4) is 11.5 Å². The van der Waals surface area contributed by atoms with Crippen molar-refractivity contribution in [1.82, 2.24) is 15.0 Å². The Morgan fingerprint density at radius 1 is 0.889 bits per heavy atom. The predicted molar refractivity (Wildman–Crippen MR) is 143 cm³/mol. The van der Waals surface area contributed by atoms with Gasteiger partial charge in [0.1, 0.15) is 5.82 Å². The molecule has 2 aromatic carbocycles. The standard InChI is InChI=1S/C28H33N5O3/c1-28(2,34)21-10-5-8-19(16-21)9-6-15-30-27-32-25-22(11-7-14-29-25)26(33-27)31-18-20-12-13-23(35-3)24(17-20)36-4/h5,7-8,10-14,16-17,34H,6,9,15,18H2,1-4H3,(H2,29,30,31,32,33). The molecule has 0 bridgehead atoms. The van der Waals surface area contributed by atoms with Gasteiger partial charge >= 0.3 is 0 Å². The van der Waals surface area contributed by atoms with Gasteiger partial charge in [-0.25, -0.2) is 4.98 Å². The molecule has 2 heterocycles. The van der Waals surface area contributed by atoms with Crippen LogP contribution in [0.25, 0.3) is 11.0 Å². The number of fused-ring (bicyclic) bond motifs is 1. The number of aliphatic hydroxyl groups is 1. The van der Waals surface area contributed by atoms with Crippen molar-refractivity contribution >= 4 is 22.8 Å². The fraction of sp³-hybridized carbons (Fsp3) is 0.321. The van der Waals surface area contributed by atoms with Gasteiger partial charge in [-0.3, -0.25) is 0 Å². The van der Waals surface area contributed by atoms with E-state index in [1.54, 1.807) is 34.3 Å². The molecule has 8 nitrogen and oxygen atoms in total. The monoisotopic (exact) mass is 487 g/mol. The Labute approximate surface area is 211 Å². The molecule has 0 radical (unpaired) electrons. The third kappa shape index (κ3) is 6.20. The molecule has 0 aliphatic heterocycles. The van der Waals surface area contributed by atoms with E-state index in [4.69, 9.17) is 14.5 Å². The van der Waals surface area contributed by atoms with Crippen LogP contribution in [0.3, 0.4) is 0 Å². The van der Waals surface area contributed by atoms with E-state index in [0.717, 1.165) is 29.4 Å². The van der Waals surface area contributed by atoms with E-state index < -0.39 is 5.60 Å². The molecule has 0 aliphatic carbocycles. The molecular weight excluding hydrogens is 454 g/mol. The van der Waals surface area contributed by atoms with Gasteiger partial charge in [-0.15, -0.1) is 0 Å². The summed E-state index contributed by atoms with van der Waals surface area (Å²) in [6.07, 6.45) is 3.51. The first kappa shape index (κ1) is 25.2. The number of pyridine rings is 1. The van der Waals surface area contributed by atoms with E-state index in [2.05, 4.69) is 32.7 Å². The van der Waals surface area contributed by atoms with Crippen molar-refractivity contribution in [2.45, 2.75) is 38.8 Å². The molecule has 2 aromatic heterocycles. The van der Waals surface area contributed by atoms with Crippen LogP contribution in [0.5, 0.6) is 11.5 Å². The van der Waals surface area contributed by atoms with E-state index in [1.807, 2.05) is 42.5 Å². The molecule has 0 amide bonds. The Hall–Kier alpha value is -3.91. The molecule has 0 atom stereocenters.